The fourth-order valence-electron chi connectivity index (χ4n) is 2.37. The average molecular weight is 269 g/mol. The fraction of sp³-hybridized carbons (Fsp3) is 0.733. The minimum Gasteiger partial charge on any atom is -0.396 e. The molecule has 0 aromatic carbocycles. The normalized spacial score (nSPS) is 15.7. The predicted octanol–water partition coefficient (Wildman–Crippen LogP) is 3.81. The van der Waals surface area contributed by atoms with E-state index >= 15 is 0 Å². The molecule has 0 bridgehead atoms. The monoisotopic (exact) mass is 269 g/mol. The number of aliphatic hydroxyl groups excluding tert-OH is 1. The molecular weight excluding hydrogens is 242 g/mol. The Bertz CT molecular complexity index is 378. The van der Waals surface area contributed by atoms with Gasteiger partial charge < -0.3 is 10.4 Å². The third kappa shape index (κ3) is 4.08. The Morgan fingerprint density at radius 3 is 2.33 bits per heavy atom. The first-order chi connectivity index (χ1) is 8.25. The van der Waals surface area contributed by atoms with E-state index in [9.17, 15) is 5.11 Å². The fourth-order valence-corrected chi connectivity index (χ4v) is 3.39. The summed E-state index contributed by atoms with van der Waals surface area (Å²) in [5, 5.41) is 12.9. The lowest BCUT2D eigenvalue weighted by atomic mass is 9.84. The topological polar surface area (TPSA) is 32.3 Å². The van der Waals surface area contributed by atoms with E-state index < -0.39 is 0 Å². The molecule has 0 fully saturated rings. The van der Waals surface area contributed by atoms with Crippen molar-refractivity contribution >= 4 is 11.3 Å². The molecule has 18 heavy (non-hydrogen) atoms. The highest BCUT2D eigenvalue weighted by Gasteiger charge is 2.26. The second-order valence-corrected chi connectivity index (χ2v) is 7.65. The van der Waals surface area contributed by atoms with Gasteiger partial charge >= 0.3 is 0 Å². The first-order valence-corrected chi connectivity index (χ1v) is 7.51. The van der Waals surface area contributed by atoms with Gasteiger partial charge in [0.1, 0.15) is 0 Å². The lowest BCUT2D eigenvalue weighted by Gasteiger charge is -2.34. The second kappa shape index (κ2) is 6.18. The number of hydrogen-bond acceptors (Lipinski definition) is 3. The molecule has 0 spiro atoms. The van der Waals surface area contributed by atoms with Crippen molar-refractivity contribution in [2.45, 2.75) is 60.0 Å². The van der Waals surface area contributed by atoms with E-state index in [1.54, 1.807) is 0 Å². The zero-order valence-electron chi connectivity index (χ0n) is 12.5. The molecule has 0 radical (unpaired) electrons. The first-order valence-electron chi connectivity index (χ1n) is 6.69. The van der Waals surface area contributed by atoms with Crippen LogP contribution in [0.25, 0.3) is 0 Å². The molecule has 104 valence electrons. The van der Waals surface area contributed by atoms with E-state index in [1.165, 1.54) is 15.3 Å². The summed E-state index contributed by atoms with van der Waals surface area (Å²) < 4.78 is 0. The zero-order valence-corrected chi connectivity index (χ0v) is 13.3. The van der Waals surface area contributed by atoms with E-state index in [-0.39, 0.29) is 12.0 Å². The quantitative estimate of drug-likeness (QED) is 0.852. The summed E-state index contributed by atoms with van der Waals surface area (Å²) in [6, 6.07) is 2.94. The maximum absolute atomic E-state index is 9.20. The molecule has 1 rings (SSSR count). The highest BCUT2D eigenvalue weighted by Crippen LogP contribution is 2.29. The van der Waals surface area contributed by atoms with Crippen molar-refractivity contribution < 1.29 is 5.11 Å². The van der Waals surface area contributed by atoms with Gasteiger partial charge in [-0.15, -0.1) is 11.3 Å². The molecule has 2 atom stereocenters. The summed E-state index contributed by atoms with van der Waals surface area (Å²) in [4.78, 5) is 2.76. The lowest BCUT2D eigenvalue weighted by Crippen LogP contribution is -2.42. The van der Waals surface area contributed by atoms with Crippen molar-refractivity contribution in [2.24, 2.45) is 5.41 Å². The summed E-state index contributed by atoms with van der Waals surface area (Å²) in [7, 11) is 0. The number of thiophene rings is 1. The molecule has 0 aliphatic carbocycles. The van der Waals surface area contributed by atoms with Crippen molar-refractivity contribution in [1.82, 2.24) is 5.32 Å². The molecule has 0 aliphatic heterocycles. The molecule has 0 aliphatic rings. The van der Waals surface area contributed by atoms with Crippen molar-refractivity contribution in [2.75, 3.05) is 6.61 Å². The predicted molar refractivity (Wildman–Crippen MR) is 80.3 cm³/mol. The second-order valence-electron chi connectivity index (χ2n) is 6.19. The van der Waals surface area contributed by atoms with Gasteiger partial charge in [-0.25, -0.2) is 0 Å². The highest BCUT2D eigenvalue weighted by molar-refractivity contribution is 7.12. The summed E-state index contributed by atoms with van der Waals surface area (Å²) in [5.41, 5.74) is 1.56. The molecule has 0 amide bonds. The summed E-state index contributed by atoms with van der Waals surface area (Å²) in [6.07, 6.45) is 0.802. The van der Waals surface area contributed by atoms with Gasteiger partial charge in [-0.2, -0.15) is 0 Å². The Labute approximate surface area is 115 Å². The minimum atomic E-state index is 0.163. The molecule has 1 aromatic rings. The van der Waals surface area contributed by atoms with E-state index in [2.05, 4.69) is 52.9 Å². The Balaban J connectivity index is 2.78. The van der Waals surface area contributed by atoms with Gasteiger partial charge in [0, 0.05) is 28.4 Å². The van der Waals surface area contributed by atoms with E-state index in [0.717, 1.165) is 6.42 Å². The number of nitrogens with one attached hydrogen (secondary N) is 1. The average Bonchev–Trinajstić information content (AvgIpc) is 2.55. The van der Waals surface area contributed by atoms with Gasteiger partial charge in [-0.3, -0.25) is 0 Å². The van der Waals surface area contributed by atoms with Crippen LogP contribution in [-0.4, -0.2) is 17.8 Å². The third-order valence-electron chi connectivity index (χ3n) is 3.46. The highest BCUT2D eigenvalue weighted by atomic mass is 32.1. The molecule has 1 aromatic heterocycles. The van der Waals surface area contributed by atoms with Crippen LogP contribution in [0.1, 0.15) is 55.5 Å². The molecule has 0 saturated heterocycles. The Morgan fingerprint density at radius 1 is 1.33 bits per heavy atom. The van der Waals surface area contributed by atoms with Crippen molar-refractivity contribution in [3.8, 4) is 0 Å². The van der Waals surface area contributed by atoms with Crippen molar-refractivity contribution in [3.05, 3.63) is 21.4 Å². The van der Waals surface area contributed by atoms with Crippen LogP contribution < -0.4 is 5.32 Å². The Kier molecular flexibility index (Phi) is 5.38. The van der Waals surface area contributed by atoms with Crippen LogP contribution in [0.15, 0.2) is 6.07 Å². The maximum Gasteiger partial charge on any atom is 0.0446 e. The summed E-state index contributed by atoms with van der Waals surface area (Å²) >= 11 is 1.86. The van der Waals surface area contributed by atoms with Crippen molar-refractivity contribution in [3.63, 3.8) is 0 Å². The largest absolute Gasteiger partial charge is 0.396 e. The summed E-state index contributed by atoms with van der Waals surface area (Å²) in [5.74, 6) is 0. The number of rotatable bonds is 5. The van der Waals surface area contributed by atoms with Gasteiger partial charge in [0.05, 0.1) is 0 Å². The number of aryl methyl sites for hydroxylation is 2. The van der Waals surface area contributed by atoms with Crippen LogP contribution in [0.4, 0.5) is 0 Å². The van der Waals surface area contributed by atoms with Gasteiger partial charge in [0.25, 0.3) is 0 Å². The van der Waals surface area contributed by atoms with E-state index in [0.29, 0.717) is 12.1 Å². The smallest absolute Gasteiger partial charge is 0.0446 e. The van der Waals surface area contributed by atoms with E-state index in [1.807, 2.05) is 11.3 Å². The van der Waals surface area contributed by atoms with Crippen LogP contribution in [0.2, 0.25) is 0 Å². The SMILES string of the molecule is Cc1cc(C(C)NC(CCO)C(C)(C)C)c(C)s1. The minimum absolute atomic E-state index is 0.163. The van der Waals surface area contributed by atoms with Crippen LogP contribution in [0.3, 0.4) is 0 Å². The van der Waals surface area contributed by atoms with Crippen LogP contribution in [0, 0.1) is 19.3 Å². The molecule has 2 unspecified atom stereocenters. The molecule has 2 N–H and O–H groups in total. The first kappa shape index (κ1) is 15.7. The third-order valence-corrected chi connectivity index (χ3v) is 4.44. The molecule has 1 heterocycles. The number of hydrogen-bond donors (Lipinski definition) is 2. The van der Waals surface area contributed by atoms with Gasteiger partial charge in [0.2, 0.25) is 0 Å². The van der Waals surface area contributed by atoms with Gasteiger partial charge in [-0.1, -0.05) is 20.8 Å². The number of aliphatic hydroxyl groups is 1. The summed E-state index contributed by atoms with van der Waals surface area (Å²) in [6.45, 7) is 13.5. The van der Waals surface area contributed by atoms with Crippen LogP contribution in [-0.2, 0) is 0 Å². The van der Waals surface area contributed by atoms with Crippen LogP contribution >= 0.6 is 11.3 Å². The Morgan fingerprint density at radius 2 is 1.94 bits per heavy atom. The molecule has 3 heteroatoms. The maximum atomic E-state index is 9.20. The van der Waals surface area contributed by atoms with Crippen molar-refractivity contribution in [1.29, 1.82) is 0 Å². The van der Waals surface area contributed by atoms with E-state index in [4.69, 9.17) is 0 Å². The van der Waals surface area contributed by atoms with Gasteiger partial charge in [0.15, 0.2) is 0 Å². The Hall–Kier alpha value is -0.380. The lowest BCUT2D eigenvalue weighted by molar-refractivity contribution is 0.188. The van der Waals surface area contributed by atoms with Gasteiger partial charge in [-0.05, 0) is 44.2 Å². The molecular formula is C15H27NOS. The molecule has 0 saturated carbocycles. The standard InChI is InChI=1S/C15H27NOS/c1-10-9-13(12(3)18-10)11(2)16-14(7-8-17)15(4,5)6/h9,11,14,16-17H,7-8H2,1-6H3. The molecule has 2 nitrogen and oxygen atoms in total. The zero-order chi connectivity index (χ0) is 13.9. The van der Waals surface area contributed by atoms with Crippen LogP contribution in [0.5, 0.6) is 0 Å².